The van der Waals surface area contributed by atoms with Gasteiger partial charge in [0.15, 0.2) is 0 Å². The lowest BCUT2D eigenvalue weighted by Gasteiger charge is -2.31. The molecule has 1 heterocycles. The summed E-state index contributed by atoms with van der Waals surface area (Å²) in [6, 6.07) is 10.1. The minimum atomic E-state index is -0.262. The zero-order valence-corrected chi connectivity index (χ0v) is 12.7. The number of hydrogen-bond donors (Lipinski definition) is 0. The zero-order valence-electron chi connectivity index (χ0n) is 12.7. The molecule has 0 spiro atoms. The lowest BCUT2D eigenvalue weighted by Crippen LogP contribution is -2.38. The van der Waals surface area contributed by atoms with Crippen molar-refractivity contribution >= 4 is 5.91 Å². The van der Waals surface area contributed by atoms with Gasteiger partial charge >= 0.3 is 0 Å². The predicted octanol–water partition coefficient (Wildman–Crippen LogP) is 4.06. The van der Waals surface area contributed by atoms with E-state index in [1.165, 1.54) is 12.1 Å². The summed E-state index contributed by atoms with van der Waals surface area (Å²) in [7, 11) is 0. The van der Waals surface area contributed by atoms with Gasteiger partial charge < -0.3 is 9.32 Å². The molecule has 0 saturated heterocycles. The van der Waals surface area contributed by atoms with Gasteiger partial charge in [0.1, 0.15) is 17.3 Å². The van der Waals surface area contributed by atoms with Crippen LogP contribution < -0.4 is 0 Å². The molecule has 22 heavy (non-hydrogen) atoms. The van der Waals surface area contributed by atoms with Crippen LogP contribution in [0, 0.1) is 18.7 Å². The van der Waals surface area contributed by atoms with Crippen LogP contribution in [0.4, 0.5) is 4.39 Å². The Balaban J connectivity index is 1.75. The van der Waals surface area contributed by atoms with Gasteiger partial charge in [-0.05, 0) is 49.6 Å². The first-order valence-electron chi connectivity index (χ1n) is 7.70. The zero-order chi connectivity index (χ0) is 15.5. The molecule has 116 valence electrons. The number of amides is 1. The Morgan fingerprint density at radius 1 is 1.18 bits per heavy atom. The lowest BCUT2D eigenvalue weighted by atomic mass is 9.84. The molecule has 0 unspecified atom stereocenters. The van der Waals surface area contributed by atoms with E-state index in [1.807, 2.05) is 24.0 Å². The Morgan fingerprint density at radius 3 is 2.45 bits per heavy atom. The average molecular weight is 301 g/mol. The van der Waals surface area contributed by atoms with Crippen molar-refractivity contribution < 1.29 is 13.6 Å². The Morgan fingerprint density at radius 2 is 1.91 bits per heavy atom. The van der Waals surface area contributed by atoms with Gasteiger partial charge in [-0.25, -0.2) is 4.39 Å². The quantitative estimate of drug-likeness (QED) is 0.834. The molecule has 3 rings (SSSR count). The highest BCUT2D eigenvalue weighted by molar-refractivity contribution is 5.79. The van der Waals surface area contributed by atoms with E-state index in [-0.39, 0.29) is 17.6 Å². The summed E-state index contributed by atoms with van der Waals surface area (Å²) in [5.74, 6) is 1.67. The van der Waals surface area contributed by atoms with Crippen molar-refractivity contribution in [1.82, 2.24) is 4.90 Å². The van der Waals surface area contributed by atoms with E-state index in [2.05, 4.69) is 0 Å². The van der Waals surface area contributed by atoms with Gasteiger partial charge in [0, 0.05) is 12.5 Å². The maximum Gasteiger partial charge on any atom is 0.226 e. The largest absolute Gasteiger partial charge is 0.464 e. The van der Waals surface area contributed by atoms with Gasteiger partial charge in [0.05, 0.1) is 6.54 Å². The third-order valence-electron chi connectivity index (χ3n) is 4.20. The summed E-state index contributed by atoms with van der Waals surface area (Å²) in [4.78, 5) is 14.4. The first kappa shape index (κ1) is 14.8. The second kappa shape index (κ2) is 6.34. The molecule has 3 nitrogen and oxygen atoms in total. The molecule has 0 aliphatic heterocycles. The highest BCUT2D eigenvalue weighted by Gasteiger charge is 2.30. The summed E-state index contributed by atoms with van der Waals surface area (Å²) in [6.45, 7) is 2.83. The molecule has 1 fully saturated rings. The minimum absolute atomic E-state index is 0.136. The summed E-state index contributed by atoms with van der Waals surface area (Å²) in [5, 5.41) is 0. The van der Waals surface area contributed by atoms with Crippen molar-refractivity contribution in [3.63, 3.8) is 0 Å². The molecule has 1 aromatic carbocycles. The fourth-order valence-corrected chi connectivity index (χ4v) is 2.69. The van der Waals surface area contributed by atoms with Gasteiger partial charge in [0.2, 0.25) is 5.91 Å². The van der Waals surface area contributed by atoms with Crippen molar-refractivity contribution in [3.8, 4) is 0 Å². The van der Waals surface area contributed by atoms with Gasteiger partial charge in [-0.2, -0.15) is 0 Å². The number of rotatable bonds is 5. The fraction of sp³-hybridized carbons (Fsp3) is 0.389. The lowest BCUT2D eigenvalue weighted by molar-refractivity contribution is -0.139. The maximum atomic E-state index is 13.0. The minimum Gasteiger partial charge on any atom is -0.464 e. The van der Waals surface area contributed by atoms with Crippen LogP contribution in [-0.2, 0) is 17.9 Å². The average Bonchev–Trinajstić information content (AvgIpc) is 2.84. The molecule has 2 aromatic rings. The second-order valence-corrected chi connectivity index (χ2v) is 5.96. The molecule has 1 aliphatic carbocycles. The van der Waals surface area contributed by atoms with E-state index < -0.39 is 0 Å². The Kier molecular flexibility index (Phi) is 4.27. The standard InChI is InChI=1S/C18H20FNO2/c1-13-5-10-17(22-13)12-20(18(21)15-3-2-4-15)11-14-6-8-16(19)9-7-14/h5-10,15H,2-4,11-12H2,1H3. The fourth-order valence-electron chi connectivity index (χ4n) is 2.69. The van der Waals surface area contributed by atoms with Crippen LogP contribution in [-0.4, -0.2) is 10.8 Å². The summed E-state index contributed by atoms with van der Waals surface area (Å²) in [5.41, 5.74) is 0.928. The number of benzene rings is 1. The van der Waals surface area contributed by atoms with Crippen molar-refractivity contribution in [2.24, 2.45) is 5.92 Å². The van der Waals surface area contributed by atoms with E-state index >= 15 is 0 Å². The van der Waals surface area contributed by atoms with Crippen molar-refractivity contribution in [1.29, 1.82) is 0 Å². The topological polar surface area (TPSA) is 33.5 Å². The van der Waals surface area contributed by atoms with E-state index in [0.717, 1.165) is 36.3 Å². The first-order chi connectivity index (χ1) is 10.6. The number of nitrogens with zero attached hydrogens (tertiary/aromatic N) is 1. The number of aryl methyl sites for hydroxylation is 1. The molecular formula is C18H20FNO2. The Hall–Kier alpha value is -2.10. The number of halogens is 1. The molecule has 1 aromatic heterocycles. The molecule has 1 saturated carbocycles. The molecule has 1 aliphatic rings. The molecule has 4 heteroatoms. The highest BCUT2D eigenvalue weighted by Crippen LogP contribution is 2.29. The molecule has 0 bridgehead atoms. The van der Waals surface area contributed by atoms with Crippen molar-refractivity contribution in [2.45, 2.75) is 39.3 Å². The molecule has 0 N–H and O–H groups in total. The van der Waals surface area contributed by atoms with Gasteiger partial charge in [0.25, 0.3) is 0 Å². The first-order valence-corrected chi connectivity index (χ1v) is 7.70. The van der Waals surface area contributed by atoms with E-state index in [0.29, 0.717) is 13.1 Å². The highest BCUT2D eigenvalue weighted by atomic mass is 19.1. The molecule has 1 amide bonds. The number of carbonyl (C=O) groups excluding carboxylic acids is 1. The van der Waals surface area contributed by atoms with E-state index in [1.54, 1.807) is 12.1 Å². The van der Waals surface area contributed by atoms with Crippen LogP contribution >= 0.6 is 0 Å². The van der Waals surface area contributed by atoms with Crippen molar-refractivity contribution in [2.75, 3.05) is 0 Å². The summed E-state index contributed by atoms with van der Waals surface area (Å²) < 4.78 is 18.6. The Labute approximate surface area is 129 Å². The van der Waals surface area contributed by atoms with Crippen LogP contribution in [0.5, 0.6) is 0 Å². The monoisotopic (exact) mass is 301 g/mol. The smallest absolute Gasteiger partial charge is 0.226 e. The van der Waals surface area contributed by atoms with Crippen LogP contribution in [0.3, 0.4) is 0 Å². The van der Waals surface area contributed by atoms with Crippen LogP contribution in [0.25, 0.3) is 0 Å². The Bertz CT molecular complexity index is 643. The predicted molar refractivity (Wildman–Crippen MR) is 81.4 cm³/mol. The van der Waals surface area contributed by atoms with E-state index in [4.69, 9.17) is 4.42 Å². The molecule has 0 radical (unpaired) electrons. The molecule has 0 atom stereocenters. The number of furan rings is 1. The normalized spacial score (nSPS) is 14.6. The number of carbonyl (C=O) groups is 1. The van der Waals surface area contributed by atoms with Crippen LogP contribution in [0.2, 0.25) is 0 Å². The second-order valence-electron chi connectivity index (χ2n) is 5.96. The third kappa shape index (κ3) is 3.38. The van der Waals surface area contributed by atoms with Gasteiger partial charge in [-0.1, -0.05) is 18.6 Å². The van der Waals surface area contributed by atoms with Crippen LogP contribution in [0.1, 0.15) is 36.3 Å². The summed E-state index contributed by atoms with van der Waals surface area (Å²) in [6.07, 6.45) is 3.06. The molecular weight excluding hydrogens is 281 g/mol. The maximum absolute atomic E-state index is 13.0. The third-order valence-corrected chi connectivity index (χ3v) is 4.20. The SMILES string of the molecule is Cc1ccc(CN(Cc2ccc(F)cc2)C(=O)C2CCC2)o1. The van der Waals surface area contributed by atoms with Crippen molar-refractivity contribution in [3.05, 3.63) is 59.3 Å². The number of hydrogen-bond acceptors (Lipinski definition) is 2. The van der Waals surface area contributed by atoms with Crippen LogP contribution in [0.15, 0.2) is 40.8 Å². The van der Waals surface area contributed by atoms with Gasteiger partial charge in [-0.15, -0.1) is 0 Å². The van der Waals surface area contributed by atoms with Gasteiger partial charge in [-0.3, -0.25) is 4.79 Å². The van der Waals surface area contributed by atoms with E-state index in [9.17, 15) is 9.18 Å². The summed E-state index contributed by atoms with van der Waals surface area (Å²) >= 11 is 0.